The molecule has 1 unspecified atom stereocenters. The Bertz CT molecular complexity index is 897. The Labute approximate surface area is 178 Å². The summed E-state index contributed by atoms with van der Waals surface area (Å²) in [6.07, 6.45) is 1.82. The maximum absolute atomic E-state index is 12.3. The fourth-order valence-corrected chi connectivity index (χ4v) is 3.01. The van der Waals surface area contributed by atoms with Crippen LogP contribution in [0.3, 0.4) is 0 Å². The van der Waals surface area contributed by atoms with Crippen LogP contribution in [0.4, 0.5) is 10.5 Å². The van der Waals surface area contributed by atoms with Crippen LogP contribution in [0.5, 0.6) is 0 Å². The van der Waals surface area contributed by atoms with Gasteiger partial charge in [0.05, 0.1) is 17.9 Å². The van der Waals surface area contributed by atoms with Crippen molar-refractivity contribution in [2.45, 2.75) is 6.10 Å². The number of ether oxygens (including phenoxy) is 3. The first-order valence-electron chi connectivity index (χ1n) is 8.76. The summed E-state index contributed by atoms with van der Waals surface area (Å²) in [5.74, 6) is -0.532. The highest BCUT2D eigenvalue weighted by Crippen LogP contribution is 2.22. The van der Waals surface area contributed by atoms with Gasteiger partial charge in [0.2, 0.25) is 0 Å². The number of methoxy groups -OCH3 is 1. The predicted molar refractivity (Wildman–Crippen MR) is 117 cm³/mol. The molecule has 0 aliphatic rings. The van der Waals surface area contributed by atoms with Crippen LogP contribution in [-0.2, 0) is 14.2 Å². The molecule has 1 atom stereocenters. The van der Waals surface area contributed by atoms with Gasteiger partial charge < -0.3 is 14.2 Å². The Morgan fingerprint density at radius 1 is 1.10 bits per heavy atom. The minimum absolute atomic E-state index is 0.0671. The number of hydrogen-bond donors (Lipinski definition) is 1. The SMILES string of the molecule is C=Cc1cccc(NC(=O)OC(COC)COC(=O)c2ccccc2Br)c1C=C. The van der Waals surface area contributed by atoms with Gasteiger partial charge in [-0.25, -0.2) is 9.59 Å². The number of halogens is 1. The third-order valence-electron chi connectivity index (χ3n) is 3.92. The molecule has 0 heterocycles. The Hall–Kier alpha value is -2.90. The number of esters is 1. The molecular weight excluding hydrogens is 438 g/mol. The molecule has 0 aliphatic heterocycles. The summed E-state index contributed by atoms with van der Waals surface area (Å²) in [6.45, 7) is 7.42. The van der Waals surface area contributed by atoms with Crippen molar-refractivity contribution in [1.82, 2.24) is 0 Å². The van der Waals surface area contributed by atoms with Gasteiger partial charge in [-0.05, 0) is 39.7 Å². The van der Waals surface area contributed by atoms with E-state index in [0.29, 0.717) is 15.7 Å². The Morgan fingerprint density at radius 2 is 1.86 bits per heavy atom. The third-order valence-corrected chi connectivity index (χ3v) is 4.61. The van der Waals surface area contributed by atoms with E-state index in [4.69, 9.17) is 14.2 Å². The normalized spacial score (nSPS) is 11.2. The monoisotopic (exact) mass is 459 g/mol. The number of carbonyl (C=O) groups is 2. The highest BCUT2D eigenvalue weighted by Gasteiger charge is 2.19. The van der Waals surface area contributed by atoms with E-state index in [9.17, 15) is 9.59 Å². The van der Waals surface area contributed by atoms with E-state index in [1.165, 1.54) is 7.11 Å². The Kier molecular flexibility index (Phi) is 8.64. The van der Waals surface area contributed by atoms with E-state index >= 15 is 0 Å². The number of carbonyl (C=O) groups excluding carboxylic acids is 2. The van der Waals surface area contributed by atoms with Gasteiger partial charge in [-0.15, -0.1) is 0 Å². The fourth-order valence-electron chi connectivity index (χ4n) is 2.56. The molecule has 7 heteroatoms. The molecule has 2 aromatic rings. The average Bonchev–Trinajstić information content (AvgIpc) is 2.72. The molecular formula is C22H22BrNO5. The second kappa shape index (κ2) is 11.2. The molecule has 6 nitrogen and oxygen atoms in total. The number of hydrogen-bond acceptors (Lipinski definition) is 5. The van der Waals surface area contributed by atoms with Crippen LogP contribution in [0.15, 0.2) is 60.1 Å². The molecule has 1 amide bonds. The predicted octanol–water partition coefficient (Wildman–Crippen LogP) is 5.16. The van der Waals surface area contributed by atoms with Crippen LogP contribution in [0.25, 0.3) is 12.2 Å². The van der Waals surface area contributed by atoms with Crippen LogP contribution in [0, 0.1) is 0 Å². The Balaban J connectivity index is 2.00. The van der Waals surface area contributed by atoms with E-state index in [2.05, 4.69) is 34.4 Å². The van der Waals surface area contributed by atoms with Crippen molar-refractivity contribution in [3.8, 4) is 0 Å². The van der Waals surface area contributed by atoms with Crippen LogP contribution in [0.1, 0.15) is 21.5 Å². The van der Waals surface area contributed by atoms with Crippen molar-refractivity contribution in [3.63, 3.8) is 0 Å². The van der Waals surface area contributed by atoms with Gasteiger partial charge in [-0.2, -0.15) is 0 Å². The van der Waals surface area contributed by atoms with Crippen LogP contribution >= 0.6 is 15.9 Å². The maximum Gasteiger partial charge on any atom is 0.412 e. The highest BCUT2D eigenvalue weighted by molar-refractivity contribution is 9.10. The second-order valence-electron chi connectivity index (χ2n) is 5.90. The quantitative estimate of drug-likeness (QED) is 0.524. The van der Waals surface area contributed by atoms with E-state index in [1.54, 1.807) is 48.6 Å². The highest BCUT2D eigenvalue weighted by atomic mass is 79.9. The molecule has 0 radical (unpaired) electrons. The molecule has 152 valence electrons. The van der Waals surface area contributed by atoms with E-state index in [1.807, 2.05) is 6.07 Å². The smallest absolute Gasteiger partial charge is 0.412 e. The first kappa shape index (κ1) is 22.4. The fraction of sp³-hybridized carbons (Fsp3) is 0.182. The number of nitrogens with one attached hydrogen (secondary N) is 1. The lowest BCUT2D eigenvalue weighted by Gasteiger charge is -2.18. The Morgan fingerprint density at radius 3 is 2.52 bits per heavy atom. The summed E-state index contributed by atoms with van der Waals surface area (Å²) >= 11 is 3.30. The molecule has 2 aromatic carbocycles. The maximum atomic E-state index is 12.3. The molecule has 0 saturated carbocycles. The molecule has 0 saturated heterocycles. The first-order valence-corrected chi connectivity index (χ1v) is 9.55. The van der Waals surface area contributed by atoms with Crippen LogP contribution in [-0.4, -0.2) is 38.5 Å². The second-order valence-corrected chi connectivity index (χ2v) is 6.76. The van der Waals surface area contributed by atoms with Gasteiger partial charge in [0.25, 0.3) is 0 Å². The zero-order chi connectivity index (χ0) is 21.2. The molecule has 0 aromatic heterocycles. The van der Waals surface area contributed by atoms with Gasteiger partial charge in [-0.3, -0.25) is 5.32 Å². The molecule has 0 aliphatic carbocycles. The minimum Gasteiger partial charge on any atom is -0.458 e. The van der Waals surface area contributed by atoms with Gasteiger partial charge in [0.15, 0.2) is 6.10 Å². The number of benzene rings is 2. The molecule has 1 N–H and O–H groups in total. The summed E-state index contributed by atoms with van der Waals surface area (Å²) in [6, 6.07) is 12.3. The van der Waals surface area contributed by atoms with Crippen molar-refractivity contribution < 1.29 is 23.8 Å². The van der Waals surface area contributed by atoms with Crippen LogP contribution in [0.2, 0.25) is 0 Å². The molecule has 0 spiro atoms. The third kappa shape index (κ3) is 6.30. The summed E-state index contributed by atoms with van der Waals surface area (Å²) in [7, 11) is 1.47. The lowest BCUT2D eigenvalue weighted by atomic mass is 10.1. The number of rotatable bonds is 9. The summed E-state index contributed by atoms with van der Waals surface area (Å²) in [5, 5.41) is 2.67. The van der Waals surface area contributed by atoms with Gasteiger partial charge >= 0.3 is 12.1 Å². The molecule has 0 bridgehead atoms. The van der Waals surface area contributed by atoms with Crippen molar-refractivity contribution >= 4 is 45.8 Å². The van der Waals surface area contributed by atoms with Gasteiger partial charge in [-0.1, -0.05) is 49.6 Å². The standard InChI is InChI=1S/C22H22BrNO5/c1-4-15-9-8-12-20(17(15)5-2)24-22(26)29-16(13-27-3)14-28-21(25)18-10-6-7-11-19(18)23/h4-12,16H,1-2,13-14H2,3H3,(H,24,26). The number of amides is 1. The minimum atomic E-state index is -0.777. The van der Waals surface area contributed by atoms with Gasteiger partial charge in [0, 0.05) is 17.1 Å². The van der Waals surface area contributed by atoms with Gasteiger partial charge in [0.1, 0.15) is 6.61 Å². The first-order chi connectivity index (χ1) is 14.0. The van der Waals surface area contributed by atoms with Crippen molar-refractivity contribution in [2.75, 3.05) is 25.6 Å². The molecule has 2 rings (SSSR count). The average molecular weight is 460 g/mol. The van der Waals surface area contributed by atoms with Crippen LogP contribution < -0.4 is 5.32 Å². The lowest BCUT2D eigenvalue weighted by molar-refractivity contribution is -0.00615. The van der Waals surface area contributed by atoms with E-state index in [-0.39, 0.29) is 13.2 Å². The van der Waals surface area contributed by atoms with Crippen molar-refractivity contribution in [3.05, 3.63) is 76.8 Å². The van der Waals surface area contributed by atoms with Crippen molar-refractivity contribution in [2.24, 2.45) is 0 Å². The molecule has 0 fully saturated rings. The summed E-state index contributed by atoms with van der Waals surface area (Å²) in [5.41, 5.74) is 2.46. The lowest BCUT2D eigenvalue weighted by Crippen LogP contribution is -2.31. The van der Waals surface area contributed by atoms with E-state index in [0.717, 1.165) is 11.1 Å². The largest absolute Gasteiger partial charge is 0.458 e. The summed E-state index contributed by atoms with van der Waals surface area (Å²) in [4.78, 5) is 24.6. The zero-order valence-electron chi connectivity index (χ0n) is 16.0. The van der Waals surface area contributed by atoms with E-state index < -0.39 is 18.2 Å². The zero-order valence-corrected chi connectivity index (χ0v) is 17.6. The van der Waals surface area contributed by atoms with Crippen molar-refractivity contribution in [1.29, 1.82) is 0 Å². The molecule has 29 heavy (non-hydrogen) atoms. The topological polar surface area (TPSA) is 73.9 Å². The number of anilines is 1. The summed E-state index contributed by atoms with van der Waals surface area (Å²) < 4.78 is 16.3.